The average Bonchev–Trinajstić information content (AvgIpc) is 2.39. The first-order valence-electron chi connectivity index (χ1n) is 5.86. The standard InChI is InChI=1S/C13H12F2N2O3S/c1-16-9-6-11(18)5(13(19)20)4-21-12(6)8(15)10(7(9)14)17(2)3/h4,16H,1-3H3,(H,19,20). The molecule has 112 valence electrons. The molecule has 21 heavy (non-hydrogen) atoms. The van der Waals surface area contributed by atoms with Gasteiger partial charge in [0.05, 0.1) is 15.8 Å². The van der Waals surface area contributed by atoms with Crippen LogP contribution in [-0.2, 0) is 0 Å². The first kappa shape index (κ1) is 15.2. The van der Waals surface area contributed by atoms with Gasteiger partial charge in [-0.15, -0.1) is 11.3 Å². The highest BCUT2D eigenvalue weighted by Crippen LogP contribution is 2.37. The largest absolute Gasteiger partial charge is 0.478 e. The summed E-state index contributed by atoms with van der Waals surface area (Å²) in [7, 11) is 4.33. The van der Waals surface area contributed by atoms with E-state index in [-0.39, 0.29) is 21.5 Å². The van der Waals surface area contributed by atoms with E-state index in [1.165, 1.54) is 26.0 Å². The number of carboxylic acids is 1. The number of carboxylic acid groups (broad SMARTS) is 1. The lowest BCUT2D eigenvalue weighted by Gasteiger charge is -2.18. The third kappa shape index (κ3) is 2.21. The zero-order valence-electron chi connectivity index (χ0n) is 11.5. The second kappa shape index (κ2) is 5.28. The van der Waals surface area contributed by atoms with Crippen molar-refractivity contribution in [3.05, 3.63) is 32.8 Å². The molecule has 0 unspecified atom stereocenters. The fourth-order valence-electron chi connectivity index (χ4n) is 2.06. The number of rotatable bonds is 3. The first-order valence-corrected chi connectivity index (χ1v) is 6.74. The van der Waals surface area contributed by atoms with Crippen molar-refractivity contribution >= 4 is 38.8 Å². The molecule has 0 atom stereocenters. The molecule has 0 amide bonds. The highest BCUT2D eigenvalue weighted by Gasteiger charge is 2.25. The summed E-state index contributed by atoms with van der Waals surface area (Å²) < 4.78 is 28.7. The fourth-order valence-corrected chi connectivity index (χ4v) is 3.02. The second-order valence-electron chi connectivity index (χ2n) is 4.48. The summed E-state index contributed by atoms with van der Waals surface area (Å²) in [5, 5.41) is 12.2. The van der Waals surface area contributed by atoms with Gasteiger partial charge in [0.1, 0.15) is 11.3 Å². The van der Waals surface area contributed by atoms with Crippen molar-refractivity contribution in [3.8, 4) is 0 Å². The third-order valence-corrected chi connectivity index (χ3v) is 3.98. The van der Waals surface area contributed by atoms with Crippen LogP contribution in [0.5, 0.6) is 0 Å². The van der Waals surface area contributed by atoms with Crippen molar-refractivity contribution < 1.29 is 18.7 Å². The van der Waals surface area contributed by atoms with Crippen LogP contribution >= 0.6 is 11.3 Å². The molecule has 0 aliphatic heterocycles. The predicted molar refractivity (Wildman–Crippen MR) is 78.8 cm³/mol. The molecule has 0 fully saturated rings. The molecular weight excluding hydrogens is 302 g/mol. The molecule has 2 rings (SSSR count). The molecule has 0 bridgehead atoms. The predicted octanol–water partition coefficient (Wildman–Crippen LogP) is 2.35. The normalized spacial score (nSPS) is 10.7. The lowest BCUT2D eigenvalue weighted by Crippen LogP contribution is -2.19. The smallest absolute Gasteiger partial charge is 0.340 e. The molecule has 8 heteroatoms. The van der Waals surface area contributed by atoms with Crippen LogP contribution < -0.4 is 15.6 Å². The summed E-state index contributed by atoms with van der Waals surface area (Å²) in [5.74, 6) is -3.25. The Kier molecular flexibility index (Phi) is 3.82. The molecular formula is C13H12F2N2O3S. The van der Waals surface area contributed by atoms with Crippen LogP contribution in [0.4, 0.5) is 20.2 Å². The minimum Gasteiger partial charge on any atom is -0.478 e. The molecule has 0 saturated heterocycles. The maximum absolute atomic E-state index is 14.4. The molecule has 1 aromatic heterocycles. The highest BCUT2D eigenvalue weighted by atomic mass is 32.1. The van der Waals surface area contributed by atoms with Gasteiger partial charge in [0.2, 0.25) is 5.43 Å². The maximum atomic E-state index is 14.4. The van der Waals surface area contributed by atoms with Crippen molar-refractivity contribution in [3.63, 3.8) is 0 Å². The molecule has 0 aliphatic carbocycles. The molecule has 0 spiro atoms. The molecule has 2 aromatic rings. The summed E-state index contributed by atoms with van der Waals surface area (Å²) in [6.07, 6.45) is 0. The van der Waals surface area contributed by atoms with Gasteiger partial charge >= 0.3 is 5.97 Å². The summed E-state index contributed by atoms with van der Waals surface area (Å²) in [5.41, 5.74) is -1.92. The number of hydrogen-bond donors (Lipinski definition) is 2. The van der Waals surface area contributed by atoms with Crippen LogP contribution in [0.25, 0.3) is 10.1 Å². The summed E-state index contributed by atoms with van der Waals surface area (Å²) >= 11 is 0.753. The number of anilines is 2. The van der Waals surface area contributed by atoms with E-state index >= 15 is 0 Å². The average molecular weight is 314 g/mol. The van der Waals surface area contributed by atoms with Gasteiger partial charge < -0.3 is 15.3 Å². The van der Waals surface area contributed by atoms with E-state index in [9.17, 15) is 18.4 Å². The van der Waals surface area contributed by atoms with Crippen LogP contribution in [0.1, 0.15) is 10.4 Å². The lowest BCUT2D eigenvalue weighted by molar-refractivity contribution is 0.0696. The Balaban J connectivity index is 3.07. The van der Waals surface area contributed by atoms with Crippen LogP contribution in [0.15, 0.2) is 10.2 Å². The van der Waals surface area contributed by atoms with Crippen LogP contribution in [0.2, 0.25) is 0 Å². The maximum Gasteiger partial charge on any atom is 0.340 e. The van der Waals surface area contributed by atoms with E-state index in [0.29, 0.717) is 0 Å². The van der Waals surface area contributed by atoms with Crippen molar-refractivity contribution in [2.24, 2.45) is 0 Å². The number of hydrogen-bond acceptors (Lipinski definition) is 5. The number of aromatic carboxylic acids is 1. The molecule has 2 N–H and O–H groups in total. The Morgan fingerprint density at radius 2 is 1.95 bits per heavy atom. The van der Waals surface area contributed by atoms with Gasteiger partial charge in [-0.05, 0) is 0 Å². The molecule has 1 heterocycles. The van der Waals surface area contributed by atoms with Crippen LogP contribution in [0.3, 0.4) is 0 Å². The van der Waals surface area contributed by atoms with Gasteiger partial charge in [0.15, 0.2) is 11.6 Å². The SMILES string of the molecule is CNc1c(F)c(N(C)C)c(F)c2scc(C(=O)O)c(=O)c12. The third-order valence-electron chi connectivity index (χ3n) is 3.01. The minimum atomic E-state index is -1.43. The Morgan fingerprint density at radius 1 is 1.33 bits per heavy atom. The van der Waals surface area contributed by atoms with Gasteiger partial charge in [-0.3, -0.25) is 4.79 Å². The molecule has 1 aromatic carbocycles. The van der Waals surface area contributed by atoms with Gasteiger partial charge in [-0.25, -0.2) is 13.6 Å². The number of benzene rings is 1. The van der Waals surface area contributed by atoms with Crippen molar-refractivity contribution in [2.45, 2.75) is 0 Å². The first-order chi connectivity index (χ1) is 9.81. The van der Waals surface area contributed by atoms with E-state index in [4.69, 9.17) is 5.11 Å². The number of fused-ring (bicyclic) bond motifs is 1. The number of nitrogens with zero attached hydrogens (tertiary/aromatic N) is 1. The zero-order chi connectivity index (χ0) is 15.9. The molecule has 0 aliphatic rings. The summed E-state index contributed by atoms with van der Waals surface area (Å²) in [6, 6.07) is 0. The van der Waals surface area contributed by atoms with Gasteiger partial charge in [0.25, 0.3) is 0 Å². The second-order valence-corrected chi connectivity index (χ2v) is 5.36. The Labute approximate surface area is 122 Å². The van der Waals surface area contributed by atoms with E-state index in [1.807, 2.05) is 0 Å². The summed E-state index contributed by atoms with van der Waals surface area (Å²) in [4.78, 5) is 24.4. The summed E-state index contributed by atoms with van der Waals surface area (Å²) in [6.45, 7) is 0. The number of nitrogens with one attached hydrogen (secondary N) is 1. The number of carbonyl (C=O) groups is 1. The zero-order valence-corrected chi connectivity index (χ0v) is 12.3. The van der Waals surface area contributed by atoms with Gasteiger partial charge in [-0.2, -0.15) is 0 Å². The van der Waals surface area contributed by atoms with Crippen LogP contribution in [0, 0.1) is 11.6 Å². The van der Waals surface area contributed by atoms with E-state index < -0.39 is 28.6 Å². The lowest BCUT2D eigenvalue weighted by atomic mass is 10.1. The van der Waals surface area contributed by atoms with Gasteiger partial charge in [-0.1, -0.05) is 0 Å². The molecule has 0 saturated carbocycles. The Bertz CT molecular complexity index is 802. The van der Waals surface area contributed by atoms with E-state index in [0.717, 1.165) is 16.7 Å². The fraction of sp³-hybridized carbons (Fsp3) is 0.231. The molecule has 5 nitrogen and oxygen atoms in total. The monoisotopic (exact) mass is 314 g/mol. The van der Waals surface area contributed by atoms with Crippen LogP contribution in [-0.4, -0.2) is 32.2 Å². The Hall–Kier alpha value is -2.22. The van der Waals surface area contributed by atoms with Crippen molar-refractivity contribution in [1.29, 1.82) is 0 Å². The minimum absolute atomic E-state index is 0.0838. The molecule has 0 radical (unpaired) electrons. The van der Waals surface area contributed by atoms with E-state index in [2.05, 4.69) is 5.32 Å². The topological polar surface area (TPSA) is 69.6 Å². The highest BCUT2D eigenvalue weighted by molar-refractivity contribution is 7.17. The quantitative estimate of drug-likeness (QED) is 0.910. The van der Waals surface area contributed by atoms with Gasteiger partial charge in [0, 0.05) is 26.5 Å². The van der Waals surface area contributed by atoms with Crippen molar-refractivity contribution in [1.82, 2.24) is 0 Å². The van der Waals surface area contributed by atoms with Crippen molar-refractivity contribution in [2.75, 3.05) is 31.4 Å². The number of halogens is 2. The Morgan fingerprint density at radius 3 is 2.43 bits per heavy atom. The van der Waals surface area contributed by atoms with E-state index in [1.54, 1.807) is 0 Å².